The van der Waals surface area contributed by atoms with Crippen LogP contribution in [-0.4, -0.2) is 82.6 Å². The molecular formula is C30H37F2N5O3S. The number of thioether (sulfide) groups is 1. The van der Waals surface area contributed by atoms with Crippen molar-refractivity contribution in [2.24, 2.45) is 0 Å². The summed E-state index contributed by atoms with van der Waals surface area (Å²) in [5.41, 5.74) is 1.53. The molecular weight excluding hydrogens is 548 g/mol. The van der Waals surface area contributed by atoms with Gasteiger partial charge in [0.15, 0.2) is 0 Å². The fourth-order valence-electron chi connectivity index (χ4n) is 5.73. The van der Waals surface area contributed by atoms with E-state index in [2.05, 4.69) is 14.8 Å². The second-order valence-corrected chi connectivity index (χ2v) is 13.5. The average Bonchev–Trinajstić information content (AvgIpc) is 2.85. The third-order valence-corrected chi connectivity index (χ3v) is 8.65. The first-order valence-corrected chi connectivity index (χ1v) is 14.7. The number of carbonyl (C=O) groups is 1. The number of ether oxygens (including phenoxy) is 1. The lowest BCUT2D eigenvalue weighted by Gasteiger charge is -2.41. The van der Waals surface area contributed by atoms with Gasteiger partial charge in [0.25, 0.3) is 0 Å². The summed E-state index contributed by atoms with van der Waals surface area (Å²) in [6, 6.07) is 5.45. The first-order valence-electron chi connectivity index (χ1n) is 13.8. The molecule has 0 bridgehead atoms. The van der Waals surface area contributed by atoms with E-state index in [1.165, 1.54) is 12.1 Å². The highest BCUT2D eigenvalue weighted by molar-refractivity contribution is 8.00. The first kappa shape index (κ1) is 29.3. The number of benzene rings is 2. The van der Waals surface area contributed by atoms with Crippen LogP contribution in [0, 0.1) is 18.6 Å². The minimum Gasteiger partial charge on any atom is -0.444 e. The van der Waals surface area contributed by atoms with Crippen LogP contribution in [0.5, 0.6) is 0 Å². The molecule has 5 rings (SSSR count). The van der Waals surface area contributed by atoms with E-state index in [0.29, 0.717) is 55.2 Å². The zero-order chi connectivity index (χ0) is 29.8. The lowest BCUT2D eigenvalue weighted by molar-refractivity contribution is 0.0218. The second kappa shape index (κ2) is 10.9. The lowest BCUT2D eigenvalue weighted by atomic mass is 9.97. The van der Waals surface area contributed by atoms with E-state index in [1.807, 2.05) is 54.8 Å². The molecule has 1 saturated heterocycles. The Morgan fingerprint density at radius 2 is 1.90 bits per heavy atom. The first-order chi connectivity index (χ1) is 19.2. The topological polar surface area (TPSA) is 70.9 Å². The number of halogens is 2. The molecule has 1 fully saturated rings. The predicted octanol–water partition coefficient (Wildman–Crippen LogP) is 5.13. The summed E-state index contributed by atoms with van der Waals surface area (Å²) in [7, 11) is 3.95. The molecule has 220 valence electrons. The quantitative estimate of drug-likeness (QED) is 0.420. The molecule has 0 spiro atoms. The molecule has 2 aromatic carbocycles. The SMILES string of the molecule is Cc1cc2c(N3CCN(C(=O)OC(C)(C)C)C[C@@H]3C)nc(=O)n3c2c(c1-c1ccc(F)cc1F)S[C@H](CN(C)C)C3. The van der Waals surface area contributed by atoms with E-state index in [9.17, 15) is 14.0 Å². The molecule has 2 aliphatic rings. The van der Waals surface area contributed by atoms with Gasteiger partial charge in [0.05, 0.1) is 5.52 Å². The third-order valence-electron chi connectivity index (χ3n) is 7.39. The smallest absolute Gasteiger partial charge is 0.410 e. The highest BCUT2D eigenvalue weighted by Gasteiger charge is 2.34. The van der Waals surface area contributed by atoms with Crippen LogP contribution in [-0.2, 0) is 11.3 Å². The van der Waals surface area contributed by atoms with Gasteiger partial charge in [-0.3, -0.25) is 4.57 Å². The highest BCUT2D eigenvalue weighted by atomic mass is 32.2. The molecule has 11 heteroatoms. The molecule has 1 aromatic heterocycles. The van der Waals surface area contributed by atoms with Gasteiger partial charge >= 0.3 is 11.8 Å². The van der Waals surface area contributed by atoms with Gasteiger partial charge < -0.3 is 19.4 Å². The van der Waals surface area contributed by atoms with Crippen molar-refractivity contribution in [2.45, 2.75) is 63.0 Å². The Labute approximate surface area is 243 Å². The minimum atomic E-state index is -0.644. The number of carbonyl (C=O) groups excluding carboxylic acids is 1. The number of hydrogen-bond donors (Lipinski definition) is 0. The van der Waals surface area contributed by atoms with E-state index in [1.54, 1.807) is 21.2 Å². The van der Waals surface area contributed by atoms with Crippen LogP contribution >= 0.6 is 11.8 Å². The molecule has 0 N–H and O–H groups in total. The molecule has 1 amide bonds. The number of anilines is 1. The Bertz CT molecular complexity index is 1570. The molecule has 0 saturated carbocycles. The van der Waals surface area contributed by atoms with Crippen LogP contribution in [0.2, 0.25) is 0 Å². The predicted molar refractivity (Wildman–Crippen MR) is 159 cm³/mol. The van der Waals surface area contributed by atoms with Crippen LogP contribution in [0.1, 0.15) is 33.3 Å². The van der Waals surface area contributed by atoms with Crippen molar-refractivity contribution in [1.29, 1.82) is 0 Å². The van der Waals surface area contributed by atoms with Crippen molar-refractivity contribution in [2.75, 3.05) is 45.2 Å². The monoisotopic (exact) mass is 585 g/mol. The third kappa shape index (κ3) is 5.79. The molecule has 2 aliphatic heterocycles. The fourth-order valence-corrected chi connectivity index (χ4v) is 7.38. The highest BCUT2D eigenvalue weighted by Crippen LogP contribution is 2.46. The molecule has 3 aromatic rings. The fraction of sp³-hybridized carbons (Fsp3) is 0.500. The standard InChI is InChI=1S/C30H37F2N5O3S/c1-17-12-22-25-26(24(17)21-9-8-19(31)13-23(21)32)41-20(15-34(6)7)16-37(25)28(38)33-27(22)36-11-10-35(14-18(36)2)29(39)40-30(3,4)5/h8-9,12-13,18,20H,10-11,14-16H2,1-7H3/t18-,20+/m0/s1. The van der Waals surface area contributed by atoms with Crippen molar-refractivity contribution < 1.29 is 18.3 Å². The number of aromatic nitrogens is 2. The summed E-state index contributed by atoms with van der Waals surface area (Å²) in [5, 5.41) is 0.836. The Hall–Kier alpha value is -3.18. The maximum absolute atomic E-state index is 15.2. The Morgan fingerprint density at radius 1 is 1.17 bits per heavy atom. The van der Waals surface area contributed by atoms with Crippen molar-refractivity contribution >= 4 is 34.6 Å². The molecule has 0 unspecified atom stereocenters. The minimum absolute atomic E-state index is 0.0337. The van der Waals surface area contributed by atoms with Gasteiger partial charge in [-0.05, 0) is 72.5 Å². The van der Waals surface area contributed by atoms with Gasteiger partial charge in [0, 0.05) is 71.5 Å². The van der Waals surface area contributed by atoms with Gasteiger partial charge in [-0.25, -0.2) is 18.4 Å². The largest absolute Gasteiger partial charge is 0.444 e. The zero-order valence-corrected chi connectivity index (χ0v) is 25.4. The number of amides is 1. The van der Waals surface area contributed by atoms with Gasteiger partial charge in [0.2, 0.25) is 0 Å². The summed E-state index contributed by atoms with van der Waals surface area (Å²) in [4.78, 5) is 37.6. The Morgan fingerprint density at radius 3 is 2.54 bits per heavy atom. The van der Waals surface area contributed by atoms with Crippen LogP contribution in [0.25, 0.3) is 22.0 Å². The number of aryl methyl sites for hydroxylation is 1. The summed E-state index contributed by atoms with van der Waals surface area (Å²) in [5.74, 6) is -0.729. The summed E-state index contributed by atoms with van der Waals surface area (Å²) >= 11 is 1.62. The summed E-state index contributed by atoms with van der Waals surface area (Å²) in [6.45, 7) is 11.9. The van der Waals surface area contributed by atoms with Crippen molar-refractivity contribution in [3.05, 3.63) is 51.9 Å². The van der Waals surface area contributed by atoms with Crippen molar-refractivity contribution in [3.8, 4) is 11.1 Å². The second-order valence-electron chi connectivity index (χ2n) is 12.2. The van der Waals surface area contributed by atoms with E-state index in [0.717, 1.165) is 21.9 Å². The van der Waals surface area contributed by atoms with E-state index < -0.39 is 17.2 Å². The van der Waals surface area contributed by atoms with E-state index >= 15 is 4.39 Å². The Balaban J connectivity index is 1.64. The van der Waals surface area contributed by atoms with Crippen LogP contribution in [0.3, 0.4) is 0 Å². The normalized spacial score (nSPS) is 19.3. The molecule has 41 heavy (non-hydrogen) atoms. The number of piperazine rings is 1. The lowest BCUT2D eigenvalue weighted by Crippen LogP contribution is -2.55. The van der Waals surface area contributed by atoms with Crippen LogP contribution in [0.15, 0.2) is 34.0 Å². The molecule has 2 atom stereocenters. The zero-order valence-electron chi connectivity index (χ0n) is 24.6. The molecule has 8 nitrogen and oxygen atoms in total. The molecule has 0 aliphatic carbocycles. The maximum atomic E-state index is 15.2. The average molecular weight is 586 g/mol. The van der Waals surface area contributed by atoms with Gasteiger partial charge in [-0.2, -0.15) is 4.98 Å². The Kier molecular flexibility index (Phi) is 7.80. The molecule has 0 radical (unpaired) electrons. The van der Waals surface area contributed by atoms with Gasteiger partial charge in [-0.15, -0.1) is 11.8 Å². The van der Waals surface area contributed by atoms with E-state index in [4.69, 9.17) is 4.74 Å². The van der Waals surface area contributed by atoms with Crippen molar-refractivity contribution in [3.63, 3.8) is 0 Å². The van der Waals surface area contributed by atoms with Gasteiger partial charge in [0.1, 0.15) is 23.1 Å². The summed E-state index contributed by atoms with van der Waals surface area (Å²) in [6.07, 6.45) is -0.362. The maximum Gasteiger partial charge on any atom is 0.410 e. The van der Waals surface area contributed by atoms with Gasteiger partial charge in [-0.1, -0.05) is 0 Å². The number of hydrogen-bond acceptors (Lipinski definition) is 7. The molecule has 3 heterocycles. The van der Waals surface area contributed by atoms with Crippen molar-refractivity contribution in [1.82, 2.24) is 19.4 Å². The number of nitrogens with zero attached hydrogens (tertiary/aromatic N) is 5. The van der Waals surface area contributed by atoms with E-state index in [-0.39, 0.29) is 23.1 Å². The van der Waals surface area contributed by atoms with Crippen LogP contribution < -0.4 is 10.6 Å². The van der Waals surface area contributed by atoms with Crippen LogP contribution in [0.4, 0.5) is 19.4 Å². The summed E-state index contributed by atoms with van der Waals surface area (Å²) < 4.78 is 36.3. The number of rotatable bonds is 4.